The molecular formula is C44H80O12S. The number of unbranched alkanes of at least 4 members (excludes halogenated alkanes) is 19. The summed E-state index contributed by atoms with van der Waals surface area (Å²) >= 11 is 0. The third-order valence-corrected chi connectivity index (χ3v) is 10.4. The molecular weight excluding hydrogens is 753 g/mol. The monoisotopic (exact) mass is 833 g/mol. The summed E-state index contributed by atoms with van der Waals surface area (Å²) in [4.78, 5) is 12.8. The summed E-state index contributed by atoms with van der Waals surface area (Å²) in [5.41, 5.74) is 0. The lowest BCUT2D eigenvalue weighted by Gasteiger charge is -2.41. The van der Waals surface area contributed by atoms with Crippen molar-refractivity contribution in [1.29, 1.82) is 0 Å². The van der Waals surface area contributed by atoms with Gasteiger partial charge in [-0.05, 0) is 64.2 Å². The van der Waals surface area contributed by atoms with Gasteiger partial charge in [0.2, 0.25) is 0 Å². The van der Waals surface area contributed by atoms with Crippen molar-refractivity contribution in [1.82, 2.24) is 0 Å². The number of aliphatic hydroxyl groups is 3. The third kappa shape index (κ3) is 30.1. The predicted octanol–water partition coefficient (Wildman–Crippen LogP) is 9.02. The number of aliphatic hydroxyl groups excluding tert-OH is 3. The molecule has 0 aromatic carbocycles. The van der Waals surface area contributed by atoms with Crippen molar-refractivity contribution in [3.05, 3.63) is 36.5 Å². The van der Waals surface area contributed by atoms with E-state index in [1.165, 1.54) is 77.0 Å². The molecule has 1 saturated heterocycles. The zero-order chi connectivity index (χ0) is 41.8. The molecule has 0 aromatic heterocycles. The Hall–Kier alpha value is -1.68. The van der Waals surface area contributed by atoms with Gasteiger partial charge in [0.25, 0.3) is 0 Å². The molecule has 1 heterocycles. The van der Waals surface area contributed by atoms with Gasteiger partial charge in [0.05, 0.1) is 19.8 Å². The van der Waals surface area contributed by atoms with Crippen molar-refractivity contribution < 1.29 is 56.2 Å². The van der Waals surface area contributed by atoms with Crippen molar-refractivity contribution in [2.75, 3.05) is 26.4 Å². The fraction of sp³-hybridized carbons (Fsp3) is 0.841. The van der Waals surface area contributed by atoms with Crippen LogP contribution in [0.3, 0.4) is 0 Å². The average Bonchev–Trinajstić information content (AvgIpc) is 3.18. The number of hydrogen-bond donors (Lipinski definition) is 4. The summed E-state index contributed by atoms with van der Waals surface area (Å²) in [6, 6.07) is 0. The Morgan fingerprint density at radius 3 is 1.75 bits per heavy atom. The minimum Gasteiger partial charge on any atom is -0.457 e. The van der Waals surface area contributed by atoms with E-state index in [4.69, 9.17) is 23.5 Å². The van der Waals surface area contributed by atoms with Gasteiger partial charge in [-0.15, -0.1) is 0 Å². The smallest absolute Gasteiger partial charge is 0.397 e. The van der Waals surface area contributed by atoms with Crippen LogP contribution in [0.4, 0.5) is 0 Å². The van der Waals surface area contributed by atoms with E-state index in [1.54, 1.807) is 0 Å². The van der Waals surface area contributed by atoms with Crippen LogP contribution in [0.1, 0.15) is 174 Å². The molecule has 13 heteroatoms. The van der Waals surface area contributed by atoms with Crippen LogP contribution in [-0.4, -0.2) is 97.5 Å². The molecule has 6 atom stereocenters. The maximum Gasteiger partial charge on any atom is 0.397 e. The van der Waals surface area contributed by atoms with Gasteiger partial charge in [-0.2, -0.15) is 8.42 Å². The molecule has 334 valence electrons. The minimum absolute atomic E-state index is 0.0308. The predicted molar refractivity (Wildman–Crippen MR) is 225 cm³/mol. The lowest BCUT2D eigenvalue weighted by Crippen LogP contribution is -2.60. The Morgan fingerprint density at radius 1 is 0.667 bits per heavy atom. The zero-order valence-electron chi connectivity index (χ0n) is 35.4. The number of rotatable bonds is 38. The molecule has 0 aliphatic carbocycles. The number of hydrogen-bond acceptors (Lipinski definition) is 11. The van der Waals surface area contributed by atoms with E-state index < -0.39 is 59.8 Å². The van der Waals surface area contributed by atoms with Crippen LogP contribution in [-0.2, 0) is 38.3 Å². The van der Waals surface area contributed by atoms with Gasteiger partial charge in [0.15, 0.2) is 6.29 Å². The largest absolute Gasteiger partial charge is 0.457 e. The van der Waals surface area contributed by atoms with Crippen LogP contribution in [0, 0.1) is 0 Å². The Bertz CT molecular complexity index is 1140. The molecule has 0 aromatic rings. The van der Waals surface area contributed by atoms with Gasteiger partial charge < -0.3 is 34.3 Å². The van der Waals surface area contributed by atoms with E-state index in [-0.39, 0.29) is 19.6 Å². The Balaban J connectivity index is 2.38. The first-order valence-corrected chi connectivity index (χ1v) is 23.6. The molecule has 1 aliphatic heterocycles. The highest BCUT2D eigenvalue weighted by molar-refractivity contribution is 7.80. The molecule has 0 bridgehead atoms. The molecule has 1 aliphatic rings. The van der Waals surface area contributed by atoms with Crippen LogP contribution in [0.2, 0.25) is 0 Å². The van der Waals surface area contributed by atoms with Gasteiger partial charge in [-0.1, -0.05) is 140 Å². The topological polar surface area (TPSA) is 178 Å². The van der Waals surface area contributed by atoms with Crippen LogP contribution < -0.4 is 0 Å². The van der Waals surface area contributed by atoms with E-state index in [0.717, 1.165) is 70.6 Å². The molecule has 0 amide bonds. The normalized spacial score (nSPS) is 21.0. The summed E-state index contributed by atoms with van der Waals surface area (Å²) in [5, 5.41) is 30.6. The summed E-state index contributed by atoms with van der Waals surface area (Å²) in [5.74, 6) is -0.413. The van der Waals surface area contributed by atoms with Crippen molar-refractivity contribution in [3.63, 3.8) is 0 Å². The molecule has 6 unspecified atom stereocenters. The van der Waals surface area contributed by atoms with E-state index >= 15 is 0 Å². The van der Waals surface area contributed by atoms with Gasteiger partial charge in [-0.25, -0.2) is 4.18 Å². The number of carbonyl (C=O) groups is 1. The van der Waals surface area contributed by atoms with E-state index in [0.29, 0.717) is 13.0 Å². The zero-order valence-corrected chi connectivity index (χ0v) is 36.2. The summed E-state index contributed by atoms with van der Waals surface area (Å²) in [6.07, 6.45) is 31.9. The lowest BCUT2D eigenvalue weighted by atomic mass is 9.99. The SMILES string of the molecule is CCC/C=C\CCCCCCCC(=O)OC(COCCCCCCCCCCCC/C=C\C/C=C\CCCCC)COC1OC(CO)C(O)C(OS(=O)(=O)O)C1O. The maximum absolute atomic E-state index is 12.8. The van der Waals surface area contributed by atoms with Crippen LogP contribution in [0.25, 0.3) is 0 Å². The van der Waals surface area contributed by atoms with Gasteiger partial charge in [-0.3, -0.25) is 9.35 Å². The quantitative estimate of drug-likeness (QED) is 0.0201. The second kappa shape index (κ2) is 36.2. The highest BCUT2D eigenvalue weighted by Crippen LogP contribution is 2.26. The van der Waals surface area contributed by atoms with E-state index in [2.05, 4.69) is 54.5 Å². The van der Waals surface area contributed by atoms with Crippen LogP contribution >= 0.6 is 0 Å². The first-order chi connectivity index (χ1) is 27.6. The average molecular weight is 833 g/mol. The number of esters is 1. The molecule has 0 saturated carbocycles. The molecule has 1 rings (SSSR count). The Kier molecular flexibility index (Phi) is 33.9. The van der Waals surface area contributed by atoms with E-state index in [9.17, 15) is 28.5 Å². The molecule has 0 radical (unpaired) electrons. The molecule has 12 nitrogen and oxygen atoms in total. The standard InChI is InChI=1S/C44H80O12S/c1-3-5-7-9-11-13-15-16-17-18-19-20-21-22-23-24-26-28-30-32-34-52-36-38(54-40(46)33-31-29-27-25-14-12-10-8-6-4-2)37-53-44-42(48)43(56-57(49,50)51)41(47)39(35-45)55-44/h8,10-11,13,16-17,38-39,41-45,47-48H,3-7,9,12,14-15,18-37H2,1-2H3,(H,49,50,51)/b10-8-,13-11-,17-16-. The Labute approximate surface area is 345 Å². The van der Waals surface area contributed by atoms with E-state index in [1.807, 2.05) is 0 Å². The van der Waals surface area contributed by atoms with Crippen LogP contribution in [0.15, 0.2) is 36.5 Å². The maximum atomic E-state index is 12.8. The molecule has 4 N–H and O–H groups in total. The van der Waals surface area contributed by atoms with Crippen molar-refractivity contribution in [2.45, 2.75) is 211 Å². The highest BCUT2D eigenvalue weighted by atomic mass is 32.3. The Morgan fingerprint density at radius 2 is 1.19 bits per heavy atom. The van der Waals surface area contributed by atoms with Crippen LogP contribution in [0.5, 0.6) is 0 Å². The fourth-order valence-corrected chi connectivity index (χ4v) is 7.09. The lowest BCUT2D eigenvalue weighted by molar-refractivity contribution is -0.301. The number of carbonyl (C=O) groups excluding carboxylic acids is 1. The molecule has 1 fully saturated rings. The van der Waals surface area contributed by atoms with Gasteiger partial charge in [0.1, 0.15) is 30.5 Å². The van der Waals surface area contributed by atoms with Gasteiger partial charge >= 0.3 is 16.4 Å². The number of allylic oxidation sites excluding steroid dienone is 6. The minimum atomic E-state index is -5.06. The summed E-state index contributed by atoms with van der Waals surface area (Å²) < 4.78 is 58.9. The van der Waals surface area contributed by atoms with Crippen molar-refractivity contribution in [2.24, 2.45) is 0 Å². The highest BCUT2D eigenvalue weighted by Gasteiger charge is 2.48. The fourth-order valence-electron chi connectivity index (χ4n) is 6.59. The van der Waals surface area contributed by atoms with Crippen molar-refractivity contribution in [3.8, 4) is 0 Å². The number of ether oxygens (including phenoxy) is 4. The molecule has 57 heavy (non-hydrogen) atoms. The summed E-state index contributed by atoms with van der Waals surface area (Å²) in [6.45, 7) is 3.88. The van der Waals surface area contributed by atoms with Crippen molar-refractivity contribution >= 4 is 16.4 Å². The first-order valence-electron chi connectivity index (χ1n) is 22.2. The second-order valence-corrected chi connectivity index (χ2v) is 16.3. The second-order valence-electron chi connectivity index (χ2n) is 15.3. The molecule has 0 spiro atoms. The van der Waals surface area contributed by atoms with Gasteiger partial charge in [0, 0.05) is 13.0 Å². The first kappa shape index (κ1) is 53.3. The summed E-state index contributed by atoms with van der Waals surface area (Å²) in [7, 11) is -5.06. The third-order valence-electron chi connectivity index (χ3n) is 9.97.